The molecule has 0 spiro atoms. The van der Waals surface area contributed by atoms with E-state index in [0.29, 0.717) is 0 Å². The van der Waals surface area contributed by atoms with Crippen LogP contribution in [0.25, 0.3) is 11.1 Å². The van der Waals surface area contributed by atoms with E-state index < -0.39 is 0 Å². The molecule has 2 aromatic rings. The zero-order valence-corrected chi connectivity index (χ0v) is 12.6. The standard InChI is InChI=1S/C16H16Cl2/c1-9-10(2)15(12(4)16(18)11(9)3)13-6-5-7-14(17)8-13/h5-8H,1-4H3. The van der Waals surface area contributed by atoms with Gasteiger partial charge in [0.25, 0.3) is 0 Å². The highest BCUT2D eigenvalue weighted by Gasteiger charge is 2.14. The van der Waals surface area contributed by atoms with Crippen LogP contribution in [0.4, 0.5) is 0 Å². The van der Waals surface area contributed by atoms with Crippen LogP contribution in [0.15, 0.2) is 24.3 Å². The van der Waals surface area contributed by atoms with E-state index in [1.54, 1.807) is 0 Å². The van der Waals surface area contributed by atoms with Crippen molar-refractivity contribution in [1.29, 1.82) is 0 Å². The van der Waals surface area contributed by atoms with Crippen LogP contribution >= 0.6 is 23.2 Å². The van der Waals surface area contributed by atoms with E-state index in [4.69, 9.17) is 23.2 Å². The SMILES string of the molecule is Cc1c(C)c(Cl)c(C)c(-c2cccc(Cl)c2)c1C. The summed E-state index contributed by atoms with van der Waals surface area (Å²) in [4.78, 5) is 0. The van der Waals surface area contributed by atoms with Gasteiger partial charge in [-0.3, -0.25) is 0 Å². The highest BCUT2D eigenvalue weighted by atomic mass is 35.5. The van der Waals surface area contributed by atoms with Gasteiger partial charge in [0.1, 0.15) is 0 Å². The van der Waals surface area contributed by atoms with Crippen LogP contribution in [0.3, 0.4) is 0 Å². The highest BCUT2D eigenvalue weighted by Crippen LogP contribution is 2.37. The van der Waals surface area contributed by atoms with Crippen LogP contribution < -0.4 is 0 Å². The van der Waals surface area contributed by atoms with Gasteiger partial charge in [-0.1, -0.05) is 35.3 Å². The zero-order chi connectivity index (χ0) is 13.4. The molecule has 0 bridgehead atoms. The summed E-state index contributed by atoms with van der Waals surface area (Å²) in [6.07, 6.45) is 0. The molecule has 0 amide bonds. The molecule has 0 aliphatic carbocycles. The first kappa shape index (κ1) is 13.5. The van der Waals surface area contributed by atoms with Gasteiger partial charge in [-0.2, -0.15) is 0 Å². The molecular weight excluding hydrogens is 263 g/mol. The maximum atomic E-state index is 6.42. The number of rotatable bonds is 1. The van der Waals surface area contributed by atoms with Crippen molar-refractivity contribution < 1.29 is 0 Å². The molecule has 0 aromatic heterocycles. The van der Waals surface area contributed by atoms with Crippen LogP contribution in [-0.2, 0) is 0 Å². The second-order valence-corrected chi connectivity index (χ2v) is 5.51. The third-order valence-corrected chi connectivity index (χ3v) is 4.45. The van der Waals surface area contributed by atoms with E-state index in [0.717, 1.165) is 26.7 Å². The van der Waals surface area contributed by atoms with Crippen molar-refractivity contribution in [3.05, 3.63) is 56.6 Å². The van der Waals surface area contributed by atoms with Crippen LogP contribution in [0, 0.1) is 27.7 Å². The molecule has 18 heavy (non-hydrogen) atoms. The van der Waals surface area contributed by atoms with E-state index in [-0.39, 0.29) is 0 Å². The average molecular weight is 279 g/mol. The summed E-state index contributed by atoms with van der Waals surface area (Å²) in [5.74, 6) is 0. The lowest BCUT2D eigenvalue weighted by atomic mass is 9.90. The molecule has 94 valence electrons. The highest BCUT2D eigenvalue weighted by molar-refractivity contribution is 6.33. The number of halogens is 2. The molecule has 2 heteroatoms. The summed E-state index contributed by atoms with van der Waals surface area (Å²) in [6.45, 7) is 8.39. The van der Waals surface area contributed by atoms with Gasteiger partial charge < -0.3 is 0 Å². The minimum absolute atomic E-state index is 0.751. The van der Waals surface area contributed by atoms with Gasteiger partial charge in [-0.25, -0.2) is 0 Å². The van der Waals surface area contributed by atoms with Crippen molar-refractivity contribution >= 4 is 23.2 Å². The molecule has 0 saturated heterocycles. The Morgan fingerprint density at radius 2 is 1.44 bits per heavy atom. The van der Waals surface area contributed by atoms with E-state index in [1.807, 2.05) is 18.2 Å². The lowest BCUT2D eigenvalue weighted by Gasteiger charge is -2.17. The van der Waals surface area contributed by atoms with Gasteiger partial charge in [0.2, 0.25) is 0 Å². The first-order chi connectivity index (χ1) is 8.43. The minimum atomic E-state index is 0.751. The first-order valence-corrected chi connectivity index (χ1v) is 6.71. The average Bonchev–Trinajstić information content (AvgIpc) is 2.34. The second-order valence-electron chi connectivity index (χ2n) is 4.70. The molecule has 2 aromatic carbocycles. The van der Waals surface area contributed by atoms with E-state index in [1.165, 1.54) is 16.7 Å². The first-order valence-electron chi connectivity index (χ1n) is 5.95. The summed E-state index contributed by atoms with van der Waals surface area (Å²) in [6, 6.07) is 7.92. The number of hydrogen-bond acceptors (Lipinski definition) is 0. The molecular formula is C16H16Cl2. The monoisotopic (exact) mass is 278 g/mol. The molecule has 2 rings (SSSR count). The molecule has 0 nitrogen and oxygen atoms in total. The Labute approximate surface area is 119 Å². The third-order valence-electron chi connectivity index (χ3n) is 3.65. The zero-order valence-electron chi connectivity index (χ0n) is 11.1. The van der Waals surface area contributed by atoms with Gasteiger partial charge in [0.15, 0.2) is 0 Å². The molecule has 0 aliphatic rings. The number of hydrogen-bond donors (Lipinski definition) is 0. The van der Waals surface area contributed by atoms with Gasteiger partial charge in [-0.05, 0) is 73.2 Å². The maximum Gasteiger partial charge on any atom is 0.0473 e. The molecule has 0 saturated carbocycles. The largest absolute Gasteiger partial charge is 0.0843 e. The van der Waals surface area contributed by atoms with E-state index in [2.05, 4.69) is 33.8 Å². The molecule has 0 fully saturated rings. The van der Waals surface area contributed by atoms with Gasteiger partial charge >= 0.3 is 0 Å². The fourth-order valence-electron chi connectivity index (χ4n) is 2.38. The van der Waals surface area contributed by atoms with Crippen molar-refractivity contribution in [3.8, 4) is 11.1 Å². The Morgan fingerprint density at radius 1 is 0.778 bits per heavy atom. The summed E-state index contributed by atoms with van der Waals surface area (Å²) in [5, 5.41) is 1.61. The fraction of sp³-hybridized carbons (Fsp3) is 0.250. The van der Waals surface area contributed by atoms with E-state index >= 15 is 0 Å². The van der Waals surface area contributed by atoms with Crippen molar-refractivity contribution in [2.75, 3.05) is 0 Å². The molecule has 0 heterocycles. The van der Waals surface area contributed by atoms with Crippen LogP contribution in [0.2, 0.25) is 10.0 Å². The molecule has 0 atom stereocenters. The molecule has 0 aliphatic heterocycles. The number of benzene rings is 2. The summed E-state index contributed by atoms with van der Waals surface area (Å²) < 4.78 is 0. The predicted octanol–water partition coefficient (Wildman–Crippen LogP) is 5.89. The Balaban J connectivity index is 2.80. The molecule has 0 N–H and O–H groups in total. The van der Waals surface area contributed by atoms with Crippen LogP contribution in [-0.4, -0.2) is 0 Å². The van der Waals surface area contributed by atoms with Crippen molar-refractivity contribution in [2.24, 2.45) is 0 Å². The smallest absolute Gasteiger partial charge is 0.0473 e. The fourth-order valence-corrected chi connectivity index (χ4v) is 2.81. The second kappa shape index (κ2) is 4.95. The van der Waals surface area contributed by atoms with Crippen molar-refractivity contribution in [3.63, 3.8) is 0 Å². The topological polar surface area (TPSA) is 0 Å². The Kier molecular flexibility index (Phi) is 3.70. The summed E-state index contributed by atoms with van der Waals surface area (Å²) >= 11 is 12.5. The Bertz CT molecular complexity index is 584. The molecule has 0 radical (unpaired) electrons. The van der Waals surface area contributed by atoms with Crippen LogP contribution in [0.1, 0.15) is 22.3 Å². The maximum absolute atomic E-state index is 6.42. The van der Waals surface area contributed by atoms with Crippen LogP contribution in [0.5, 0.6) is 0 Å². The van der Waals surface area contributed by atoms with Gasteiger partial charge in [0.05, 0.1) is 0 Å². The molecule has 0 unspecified atom stereocenters. The van der Waals surface area contributed by atoms with Gasteiger partial charge in [0, 0.05) is 10.0 Å². The van der Waals surface area contributed by atoms with E-state index in [9.17, 15) is 0 Å². The normalized spacial score (nSPS) is 10.8. The van der Waals surface area contributed by atoms with Crippen molar-refractivity contribution in [1.82, 2.24) is 0 Å². The quantitative estimate of drug-likeness (QED) is 0.610. The predicted molar refractivity (Wildman–Crippen MR) is 80.8 cm³/mol. The van der Waals surface area contributed by atoms with Gasteiger partial charge in [-0.15, -0.1) is 0 Å². The lowest BCUT2D eigenvalue weighted by Crippen LogP contribution is -1.97. The summed E-state index contributed by atoms with van der Waals surface area (Å²) in [5.41, 5.74) is 7.14. The van der Waals surface area contributed by atoms with Crippen molar-refractivity contribution in [2.45, 2.75) is 27.7 Å². The summed E-state index contributed by atoms with van der Waals surface area (Å²) in [7, 11) is 0. The Hall–Kier alpha value is -0.980. The lowest BCUT2D eigenvalue weighted by molar-refractivity contribution is 1.24. The third kappa shape index (κ3) is 2.15. The Morgan fingerprint density at radius 3 is 2.06 bits per heavy atom. The minimum Gasteiger partial charge on any atom is -0.0843 e.